The largest absolute Gasteiger partial charge is 0.508 e. The molecule has 0 bridgehead atoms. The van der Waals surface area contributed by atoms with E-state index < -0.39 is 52.0 Å². The van der Waals surface area contributed by atoms with Crippen LogP contribution in [0.5, 0.6) is 28.7 Å². The number of phenolic OH excluding ortho intramolecular Hbond substituents is 5. The summed E-state index contributed by atoms with van der Waals surface area (Å²) in [5, 5.41) is 53.2. The van der Waals surface area contributed by atoms with Crippen LogP contribution in [0.1, 0.15) is 38.5 Å². The van der Waals surface area contributed by atoms with Gasteiger partial charge in [-0.05, 0) is 47.5 Å². The standard InChI is InChI=1S/C29H22O9/c1-38-28(37)29(15-4-8-17(31)9-5-15)21-11-19(33)12-22(34)25(21)24(14-2-6-16(30)7-3-14)27(36)20-10-18(32)13-23(35)26(20)29/h2-13,15,24,30,32-35H,1H3/t24-,29+/m1/s1. The molecule has 9 heteroatoms. The number of methoxy groups -OCH3 is 1. The van der Waals surface area contributed by atoms with E-state index >= 15 is 0 Å². The first-order valence-corrected chi connectivity index (χ1v) is 11.5. The molecule has 0 aromatic heterocycles. The maximum atomic E-state index is 14.3. The third-order valence-electron chi connectivity index (χ3n) is 7.05. The highest BCUT2D eigenvalue weighted by Crippen LogP contribution is 2.56. The minimum Gasteiger partial charge on any atom is -0.508 e. The lowest BCUT2D eigenvalue weighted by atomic mass is 9.62. The molecule has 192 valence electrons. The van der Waals surface area contributed by atoms with Crippen molar-refractivity contribution in [2.24, 2.45) is 5.92 Å². The summed E-state index contributed by atoms with van der Waals surface area (Å²) < 4.78 is 5.23. The Balaban J connectivity index is 2.03. The first kappa shape index (κ1) is 24.6. The lowest BCUT2D eigenvalue weighted by Crippen LogP contribution is -2.45. The molecule has 5 N–H and O–H groups in total. The Labute approximate surface area is 216 Å². The van der Waals surface area contributed by atoms with Crippen LogP contribution in [0.15, 0.2) is 72.8 Å². The predicted octanol–water partition coefficient (Wildman–Crippen LogP) is 3.31. The maximum Gasteiger partial charge on any atom is 0.321 e. The van der Waals surface area contributed by atoms with Crippen molar-refractivity contribution in [1.29, 1.82) is 0 Å². The van der Waals surface area contributed by atoms with Gasteiger partial charge in [0.2, 0.25) is 0 Å². The molecule has 0 fully saturated rings. The topological polar surface area (TPSA) is 162 Å². The van der Waals surface area contributed by atoms with Crippen molar-refractivity contribution in [2.45, 2.75) is 11.3 Å². The number of carbonyl (C=O) groups excluding carboxylic acids is 3. The number of esters is 1. The third kappa shape index (κ3) is 3.51. The minimum absolute atomic E-state index is 0.0540. The van der Waals surface area contributed by atoms with Gasteiger partial charge in [-0.1, -0.05) is 24.3 Å². The summed E-state index contributed by atoms with van der Waals surface area (Å²) in [6.45, 7) is 0. The van der Waals surface area contributed by atoms with E-state index in [0.29, 0.717) is 5.56 Å². The number of ether oxygens (including phenoxy) is 1. The number of Topliss-reactive ketones (excluding diaryl/α,β-unsaturated/α-hetero) is 1. The summed E-state index contributed by atoms with van der Waals surface area (Å²) in [6, 6.07) is 9.90. The first-order chi connectivity index (χ1) is 18.1. The second-order valence-corrected chi connectivity index (χ2v) is 9.15. The quantitative estimate of drug-likeness (QED) is 0.330. The van der Waals surface area contributed by atoms with E-state index in [2.05, 4.69) is 0 Å². The van der Waals surface area contributed by atoms with E-state index in [1.165, 1.54) is 54.6 Å². The molecule has 0 heterocycles. The number of rotatable bonds is 3. The summed E-state index contributed by atoms with van der Waals surface area (Å²) in [4.78, 5) is 40.2. The molecule has 5 rings (SSSR count). The van der Waals surface area contributed by atoms with Crippen molar-refractivity contribution in [3.05, 3.63) is 101 Å². The second-order valence-electron chi connectivity index (χ2n) is 9.15. The van der Waals surface area contributed by atoms with Crippen LogP contribution < -0.4 is 0 Å². The smallest absolute Gasteiger partial charge is 0.321 e. The zero-order valence-corrected chi connectivity index (χ0v) is 20.0. The van der Waals surface area contributed by atoms with Crippen molar-refractivity contribution < 1.29 is 44.7 Å². The molecule has 38 heavy (non-hydrogen) atoms. The Morgan fingerprint density at radius 3 is 2.05 bits per heavy atom. The number of hydrogen-bond acceptors (Lipinski definition) is 9. The Hall–Kier alpha value is -5.05. The van der Waals surface area contributed by atoms with E-state index in [9.17, 15) is 39.9 Å². The summed E-state index contributed by atoms with van der Waals surface area (Å²) in [6.07, 6.45) is 5.26. The molecule has 0 radical (unpaired) electrons. The van der Waals surface area contributed by atoms with Gasteiger partial charge in [0.25, 0.3) is 0 Å². The van der Waals surface area contributed by atoms with E-state index in [1.54, 1.807) is 0 Å². The molecule has 0 aliphatic heterocycles. The highest BCUT2D eigenvalue weighted by Gasteiger charge is 2.56. The Morgan fingerprint density at radius 1 is 0.816 bits per heavy atom. The molecule has 2 atom stereocenters. The van der Waals surface area contributed by atoms with Gasteiger partial charge in [0.15, 0.2) is 11.6 Å². The Bertz CT molecular complexity index is 1550. The Kier molecular flexibility index (Phi) is 5.71. The highest BCUT2D eigenvalue weighted by molar-refractivity contribution is 6.10. The zero-order chi connectivity index (χ0) is 27.4. The number of fused-ring (bicyclic) bond motifs is 2. The van der Waals surface area contributed by atoms with Crippen LogP contribution in [-0.4, -0.2) is 50.2 Å². The third-order valence-corrected chi connectivity index (χ3v) is 7.05. The lowest BCUT2D eigenvalue weighted by Gasteiger charge is -2.38. The molecular formula is C29H22O9. The van der Waals surface area contributed by atoms with Crippen molar-refractivity contribution in [1.82, 2.24) is 0 Å². The fourth-order valence-corrected chi connectivity index (χ4v) is 5.54. The van der Waals surface area contributed by atoms with E-state index in [1.807, 2.05) is 0 Å². The first-order valence-electron chi connectivity index (χ1n) is 11.5. The number of ketones is 2. The summed E-state index contributed by atoms with van der Waals surface area (Å²) in [7, 11) is 1.11. The van der Waals surface area contributed by atoms with Gasteiger partial charge in [0.05, 0.1) is 13.0 Å². The number of allylic oxidation sites excluding steroid dienone is 4. The summed E-state index contributed by atoms with van der Waals surface area (Å²) in [5.41, 5.74) is -2.36. The lowest BCUT2D eigenvalue weighted by molar-refractivity contribution is -0.147. The molecule has 0 spiro atoms. The average molecular weight is 514 g/mol. The van der Waals surface area contributed by atoms with Crippen molar-refractivity contribution >= 4 is 17.5 Å². The minimum atomic E-state index is -2.09. The normalized spacial score (nSPS) is 20.5. The summed E-state index contributed by atoms with van der Waals surface area (Å²) >= 11 is 0. The number of phenols is 5. The van der Waals surface area contributed by atoms with Crippen LogP contribution in [-0.2, 0) is 19.7 Å². The molecule has 0 saturated carbocycles. The monoisotopic (exact) mass is 514 g/mol. The van der Waals surface area contributed by atoms with E-state index in [0.717, 1.165) is 25.3 Å². The van der Waals surface area contributed by atoms with E-state index in [-0.39, 0.29) is 33.8 Å². The molecule has 3 aromatic rings. The van der Waals surface area contributed by atoms with Crippen molar-refractivity contribution in [3.8, 4) is 28.7 Å². The van der Waals surface area contributed by atoms with Gasteiger partial charge in [-0.2, -0.15) is 0 Å². The average Bonchev–Trinajstić information content (AvgIpc) is 2.96. The van der Waals surface area contributed by atoms with Gasteiger partial charge >= 0.3 is 5.97 Å². The van der Waals surface area contributed by atoms with Gasteiger partial charge in [-0.3, -0.25) is 14.4 Å². The predicted molar refractivity (Wildman–Crippen MR) is 133 cm³/mol. The van der Waals surface area contributed by atoms with Gasteiger partial charge in [-0.25, -0.2) is 0 Å². The molecule has 3 aromatic carbocycles. The van der Waals surface area contributed by atoms with Crippen molar-refractivity contribution in [3.63, 3.8) is 0 Å². The number of hydrogen-bond donors (Lipinski definition) is 5. The molecule has 9 nitrogen and oxygen atoms in total. The SMILES string of the molecule is COC(=O)[C@@]1(C2C=CC(=O)C=C2)c2cc(O)cc(O)c2[C@@H](c2ccc(O)cc2)C(=O)c2cc(O)cc(O)c21. The van der Waals surface area contributed by atoms with Crippen LogP contribution in [0.2, 0.25) is 0 Å². The van der Waals surface area contributed by atoms with Gasteiger partial charge in [0.1, 0.15) is 34.2 Å². The van der Waals surface area contributed by atoms with E-state index in [4.69, 9.17) is 4.74 Å². The highest BCUT2D eigenvalue weighted by atomic mass is 16.5. The van der Waals surface area contributed by atoms with Gasteiger partial charge in [-0.15, -0.1) is 0 Å². The number of benzene rings is 3. The molecule has 2 aliphatic rings. The maximum absolute atomic E-state index is 14.3. The van der Waals surface area contributed by atoms with Crippen molar-refractivity contribution in [2.75, 3.05) is 7.11 Å². The molecule has 0 saturated heterocycles. The van der Waals surface area contributed by atoms with Crippen LogP contribution in [0.25, 0.3) is 0 Å². The number of carbonyl (C=O) groups is 3. The second kappa shape index (κ2) is 8.81. The fraction of sp³-hybridized carbons (Fsp3) is 0.138. The van der Waals surface area contributed by atoms with Crippen LogP contribution in [0, 0.1) is 5.92 Å². The van der Waals surface area contributed by atoms with Gasteiger partial charge in [0, 0.05) is 34.7 Å². The fourth-order valence-electron chi connectivity index (χ4n) is 5.54. The van der Waals surface area contributed by atoms with Crippen LogP contribution in [0.4, 0.5) is 0 Å². The number of aromatic hydroxyl groups is 5. The molecule has 2 aliphatic carbocycles. The molecule has 0 unspecified atom stereocenters. The zero-order valence-electron chi connectivity index (χ0n) is 20.0. The molecular weight excluding hydrogens is 492 g/mol. The Morgan fingerprint density at radius 2 is 1.42 bits per heavy atom. The van der Waals surface area contributed by atoms with Crippen LogP contribution in [0.3, 0.4) is 0 Å². The summed E-state index contributed by atoms with van der Waals surface area (Å²) in [5.74, 6) is -6.44. The van der Waals surface area contributed by atoms with Gasteiger partial charge < -0.3 is 30.3 Å². The molecule has 0 amide bonds. The van der Waals surface area contributed by atoms with Crippen LogP contribution >= 0.6 is 0 Å².